The van der Waals surface area contributed by atoms with Gasteiger partial charge in [-0.2, -0.15) is 4.98 Å². The molecule has 1 aromatic carbocycles. The summed E-state index contributed by atoms with van der Waals surface area (Å²) in [7, 11) is 0. The van der Waals surface area contributed by atoms with Gasteiger partial charge in [0.15, 0.2) is 11.8 Å². The molecule has 32 heavy (non-hydrogen) atoms. The summed E-state index contributed by atoms with van der Waals surface area (Å²) < 4.78 is 31.5. The zero-order valence-corrected chi connectivity index (χ0v) is 17.3. The van der Waals surface area contributed by atoms with Crippen LogP contribution >= 0.6 is 0 Å². The number of aliphatic imine (C=N–C) groups is 1. The molecule has 1 fully saturated rings. The van der Waals surface area contributed by atoms with E-state index in [2.05, 4.69) is 15.1 Å². The Hall–Kier alpha value is -3.53. The summed E-state index contributed by atoms with van der Waals surface area (Å²) in [6.07, 6.45) is 4.72. The first-order chi connectivity index (χ1) is 15.6. The molecule has 0 aliphatic carbocycles. The summed E-state index contributed by atoms with van der Waals surface area (Å²) in [6, 6.07) is 5.09. The van der Waals surface area contributed by atoms with Crippen LogP contribution in [0.3, 0.4) is 0 Å². The Bertz CT molecular complexity index is 1210. The van der Waals surface area contributed by atoms with Gasteiger partial charge in [0.25, 0.3) is 11.8 Å². The van der Waals surface area contributed by atoms with Crippen molar-refractivity contribution < 1.29 is 22.9 Å². The first kappa shape index (κ1) is 19.2. The van der Waals surface area contributed by atoms with E-state index in [1.54, 1.807) is 29.4 Å². The van der Waals surface area contributed by atoms with E-state index in [1.807, 2.05) is 6.92 Å². The molecule has 10 heteroatoms. The maximum absolute atomic E-state index is 14.9. The molecule has 3 aliphatic heterocycles. The number of fused-ring (bicyclic) bond motifs is 3. The number of para-hydroxylation sites is 1. The third-order valence-electron chi connectivity index (χ3n) is 6.15. The van der Waals surface area contributed by atoms with Gasteiger partial charge in [-0.05, 0) is 43.5 Å². The molecule has 3 aromatic rings. The lowest BCUT2D eigenvalue weighted by Crippen LogP contribution is -2.54. The average molecular weight is 437 g/mol. The first-order valence-electron chi connectivity index (χ1n) is 10.5. The van der Waals surface area contributed by atoms with Gasteiger partial charge in [0.05, 0.1) is 30.9 Å². The number of benzene rings is 1. The van der Waals surface area contributed by atoms with Gasteiger partial charge in [-0.15, -0.1) is 0 Å². The maximum atomic E-state index is 14.9. The number of hydrogen-bond donors (Lipinski definition) is 0. The second-order valence-corrected chi connectivity index (χ2v) is 8.14. The monoisotopic (exact) mass is 437 g/mol. The predicted octanol–water partition coefficient (Wildman–Crippen LogP) is 3.26. The lowest BCUT2D eigenvalue weighted by molar-refractivity contribution is -0.120. The molecule has 1 amide bonds. The number of anilines is 2. The molecule has 6 rings (SSSR count). The normalized spacial score (nSPS) is 24.3. The summed E-state index contributed by atoms with van der Waals surface area (Å²) in [5, 5.41) is 4.01. The number of hydrogen-bond acceptors (Lipinski definition) is 8. The molecule has 2 aromatic heterocycles. The van der Waals surface area contributed by atoms with E-state index in [0.717, 1.165) is 18.4 Å². The van der Waals surface area contributed by atoms with E-state index in [9.17, 15) is 9.18 Å². The number of rotatable bonds is 4. The van der Waals surface area contributed by atoms with Crippen LogP contribution in [0, 0.1) is 12.7 Å². The van der Waals surface area contributed by atoms with Crippen LogP contribution in [0.15, 0.2) is 44.5 Å². The molecule has 3 atom stereocenters. The number of halogens is 1. The van der Waals surface area contributed by atoms with Crippen molar-refractivity contribution in [2.24, 2.45) is 4.99 Å². The van der Waals surface area contributed by atoms with Gasteiger partial charge in [-0.25, -0.2) is 4.39 Å². The summed E-state index contributed by atoms with van der Waals surface area (Å²) in [4.78, 5) is 25.7. The fourth-order valence-electron chi connectivity index (χ4n) is 4.59. The molecule has 0 saturated carbocycles. The zero-order valence-electron chi connectivity index (χ0n) is 17.3. The van der Waals surface area contributed by atoms with Gasteiger partial charge in [0.2, 0.25) is 5.82 Å². The molecule has 5 heterocycles. The number of carbonyl (C=O) groups is 1. The fraction of sp³-hybridized carbons (Fsp3) is 0.364. The van der Waals surface area contributed by atoms with Crippen LogP contribution in [0.4, 0.5) is 15.8 Å². The molecule has 0 bridgehead atoms. The van der Waals surface area contributed by atoms with E-state index in [-0.39, 0.29) is 30.1 Å². The number of aryl methyl sites for hydroxylation is 1. The molecular formula is C22H20FN5O4. The summed E-state index contributed by atoms with van der Waals surface area (Å²) >= 11 is 0. The van der Waals surface area contributed by atoms with Crippen molar-refractivity contribution >= 4 is 23.6 Å². The molecule has 1 saturated heterocycles. The molecule has 164 valence electrons. The molecule has 0 radical (unpaired) electrons. The molecular weight excluding hydrogens is 417 g/mol. The number of furan rings is 1. The standard InChI is InChI=1S/C22H20FN5O4/c1-12-7-9-31-19(12)20-25-21(32-26-20)16-18-22(29)27(10-13-4-3-8-30-13)17-14(23)5-2-6-15(17)28(18)11-24-16/h2,5-7,9,11,13,16,18H,3-4,8,10H2,1H3. The smallest absolute Gasteiger partial charge is 0.254 e. The van der Waals surface area contributed by atoms with Crippen molar-refractivity contribution in [3.8, 4) is 11.6 Å². The minimum absolute atomic E-state index is 0.129. The summed E-state index contributed by atoms with van der Waals surface area (Å²) in [5.41, 5.74) is 1.68. The Kier molecular flexibility index (Phi) is 4.35. The number of carbonyl (C=O) groups excluding carboxylic acids is 1. The van der Waals surface area contributed by atoms with E-state index in [4.69, 9.17) is 13.7 Å². The second kappa shape index (κ2) is 7.27. The SMILES string of the molecule is Cc1ccoc1-c1noc(C2N=CN3c4cccc(F)c4N(CC4CCCO4)C(=O)C23)n1. The van der Waals surface area contributed by atoms with Crippen LogP contribution in [0.5, 0.6) is 0 Å². The number of amides is 1. The number of ether oxygens (including phenoxy) is 1. The van der Waals surface area contributed by atoms with Gasteiger partial charge in [0, 0.05) is 6.61 Å². The molecule has 3 unspecified atom stereocenters. The third kappa shape index (κ3) is 2.86. The predicted molar refractivity (Wildman–Crippen MR) is 112 cm³/mol. The summed E-state index contributed by atoms with van der Waals surface area (Å²) in [6.45, 7) is 2.81. The zero-order chi connectivity index (χ0) is 21.8. The van der Waals surface area contributed by atoms with Crippen molar-refractivity contribution in [2.75, 3.05) is 23.0 Å². The maximum Gasteiger partial charge on any atom is 0.254 e. The highest BCUT2D eigenvalue weighted by Gasteiger charge is 2.49. The lowest BCUT2D eigenvalue weighted by atomic mass is 10.0. The van der Waals surface area contributed by atoms with E-state index >= 15 is 0 Å². The number of nitrogens with zero attached hydrogens (tertiary/aromatic N) is 5. The minimum Gasteiger partial charge on any atom is -0.461 e. The highest BCUT2D eigenvalue weighted by atomic mass is 19.1. The van der Waals surface area contributed by atoms with Crippen LogP contribution in [-0.4, -0.2) is 47.7 Å². The van der Waals surface area contributed by atoms with E-state index in [1.165, 1.54) is 17.3 Å². The third-order valence-corrected chi connectivity index (χ3v) is 6.15. The highest BCUT2D eigenvalue weighted by molar-refractivity contribution is 6.12. The van der Waals surface area contributed by atoms with Gasteiger partial charge < -0.3 is 23.5 Å². The Balaban J connectivity index is 1.38. The van der Waals surface area contributed by atoms with E-state index < -0.39 is 17.9 Å². The Morgan fingerprint density at radius 3 is 2.97 bits per heavy atom. The van der Waals surface area contributed by atoms with Crippen LogP contribution in [0.2, 0.25) is 0 Å². The Labute approximate surface area is 182 Å². The lowest BCUT2D eigenvalue weighted by Gasteiger charge is -2.40. The Morgan fingerprint density at radius 2 is 2.19 bits per heavy atom. The summed E-state index contributed by atoms with van der Waals surface area (Å²) in [5.74, 6) is 0.250. The average Bonchev–Trinajstić information content (AvgIpc) is 3.57. The second-order valence-electron chi connectivity index (χ2n) is 8.14. The van der Waals surface area contributed by atoms with Gasteiger partial charge >= 0.3 is 0 Å². The van der Waals surface area contributed by atoms with Crippen molar-refractivity contribution in [2.45, 2.75) is 38.0 Å². The van der Waals surface area contributed by atoms with Crippen LogP contribution in [0.25, 0.3) is 11.6 Å². The van der Waals surface area contributed by atoms with Crippen molar-refractivity contribution in [3.63, 3.8) is 0 Å². The minimum atomic E-state index is -0.753. The first-order valence-corrected chi connectivity index (χ1v) is 10.5. The van der Waals surface area contributed by atoms with Gasteiger partial charge in [-0.3, -0.25) is 9.79 Å². The molecule has 9 nitrogen and oxygen atoms in total. The van der Waals surface area contributed by atoms with Gasteiger partial charge in [0.1, 0.15) is 17.5 Å². The molecule has 0 N–H and O–H groups in total. The quantitative estimate of drug-likeness (QED) is 0.618. The fourth-order valence-corrected chi connectivity index (χ4v) is 4.59. The van der Waals surface area contributed by atoms with Crippen LogP contribution in [-0.2, 0) is 9.53 Å². The largest absolute Gasteiger partial charge is 0.461 e. The van der Waals surface area contributed by atoms with Crippen LogP contribution in [0.1, 0.15) is 30.3 Å². The van der Waals surface area contributed by atoms with Crippen molar-refractivity contribution in [3.05, 3.63) is 47.8 Å². The number of aromatic nitrogens is 2. The molecule has 3 aliphatic rings. The van der Waals surface area contributed by atoms with Crippen molar-refractivity contribution in [1.82, 2.24) is 10.1 Å². The highest BCUT2D eigenvalue weighted by Crippen LogP contribution is 2.44. The Morgan fingerprint density at radius 1 is 1.28 bits per heavy atom. The van der Waals surface area contributed by atoms with Crippen molar-refractivity contribution in [1.29, 1.82) is 0 Å². The topological polar surface area (TPSA) is 97.2 Å². The van der Waals surface area contributed by atoms with Crippen LogP contribution < -0.4 is 9.80 Å². The van der Waals surface area contributed by atoms with E-state index in [0.29, 0.717) is 23.9 Å². The van der Waals surface area contributed by atoms with Gasteiger partial charge in [-0.1, -0.05) is 11.2 Å². The molecule has 0 spiro atoms.